The van der Waals surface area contributed by atoms with Gasteiger partial charge in [-0.1, -0.05) is 12.1 Å². The average molecular weight is 305 g/mol. The number of furan rings is 1. The lowest BCUT2D eigenvalue weighted by molar-refractivity contribution is -0.137. The molecule has 0 spiro atoms. The van der Waals surface area contributed by atoms with E-state index in [4.69, 9.17) is 9.52 Å². The van der Waals surface area contributed by atoms with Gasteiger partial charge in [0.25, 0.3) is 5.91 Å². The molecule has 0 radical (unpaired) electrons. The molecule has 2 rings (SSSR count). The lowest BCUT2D eigenvalue weighted by Crippen LogP contribution is -2.35. The molecular weight excluding hydrogens is 289 g/mol. The predicted molar refractivity (Wildman–Crippen MR) is 77.0 cm³/mol. The second-order valence-corrected chi connectivity index (χ2v) is 5.01. The van der Waals surface area contributed by atoms with Crippen LogP contribution in [0.4, 0.5) is 4.39 Å². The number of carbonyl (C=O) groups is 2. The molecule has 0 aliphatic carbocycles. The number of aliphatic carboxylic acids is 1. The van der Waals surface area contributed by atoms with Crippen LogP contribution in [0, 0.1) is 19.7 Å². The van der Waals surface area contributed by atoms with E-state index in [1.807, 2.05) is 0 Å². The number of benzene rings is 1. The summed E-state index contributed by atoms with van der Waals surface area (Å²) >= 11 is 0. The number of aryl methyl sites for hydroxylation is 2. The molecule has 1 aromatic carbocycles. The van der Waals surface area contributed by atoms with E-state index in [-0.39, 0.29) is 12.4 Å². The summed E-state index contributed by atoms with van der Waals surface area (Å²) in [4.78, 5) is 24.7. The number of nitrogens with zero attached hydrogens (tertiary/aromatic N) is 1. The zero-order chi connectivity index (χ0) is 16.3. The monoisotopic (exact) mass is 305 g/mol. The van der Waals surface area contributed by atoms with Crippen LogP contribution in [0.15, 0.2) is 34.7 Å². The highest BCUT2D eigenvalue weighted by molar-refractivity contribution is 5.96. The van der Waals surface area contributed by atoms with E-state index < -0.39 is 18.4 Å². The van der Waals surface area contributed by atoms with Gasteiger partial charge in [0.05, 0.1) is 5.56 Å². The summed E-state index contributed by atoms with van der Waals surface area (Å²) in [6.07, 6.45) is 0. The molecule has 1 amide bonds. The average Bonchev–Trinajstić information content (AvgIpc) is 2.78. The van der Waals surface area contributed by atoms with Crippen LogP contribution >= 0.6 is 0 Å². The minimum absolute atomic E-state index is 0.0785. The third-order valence-corrected chi connectivity index (χ3v) is 3.17. The normalized spacial score (nSPS) is 10.5. The van der Waals surface area contributed by atoms with Crippen LogP contribution in [-0.2, 0) is 11.3 Å². The van der Waals surface area contributed by atoms with Crippen molar-refractivity contribution in [1.82, 2.24) is 4.90 Å². The Kier molecular flexibility index (Phi) is 4.60. The summed E-state index contributed by atoms with van der Waals surface area (Å²) in [5, 5.41) is 9.00. The summed E-state index contributed by atoms with van der Waals surface area (Å²) in [6, 6.07) is 7.16. The van der Waals surface area contributed by atoms with Crippen LogP contribution in [0.25, 0.3) is 0 Å². The molecule has 0 saturated heterocycles. The molecule has 0 atom stereocenters. The van der Waals surface area contributed by atoms with E-state index >= 15 is 0 Å². The van der Waals surface area contributed by atoms with Crippen LogP contribution in [0.2, 0.25) is 0 Å². The Morgan fingerprint density at radius 3 is 2.36 bits per heavy atom. The molecule has 0 aliphatic rings. The Balaban J connectivity index is 2.25. The van der Waals surface area contributed by atoms with Crippen molar-refractivity contribution in [3.8, 4) is 0 Å². The van der Waals surface area contributed by atoms with E-state index in [0.29, 0.717) is 22.6 Å². The van der Waals surface area contributed by atoms with Crippen LogP contribution in [0.1, 0.15) is 27.4 Å². The number of carboxylic acids is 1. The van der Waals surface area contributed by atoms with Crippen molar-refractivity contribution in [1.29, 1.82) is 0 Å². The fourth-order valence-electron chi connectivity index (χ4n) is 2.19. The highest BCUT2D eigenvalue weighted by Crippen LogP contribution is 2.17. The number of rotatable bonds is 5. The quantitative estimate of drug-likeness (QED) is 0.922. The number of carbonyl (C=O) groups excluding carboxylic acids is 1. The van der Waals surface area contributed by atoms with Crippen molar-refractivity contribution < 1.29 is 23.5 Å². The van der Waals surface area contributed by atoms with Gasteiger partial charge in [-0.3, -0.25) is 9.59 Å². The first-order chi connectivity index (χ1) is 10.4. The summed E-state index contributed by atoms with van der Waals surface area (Å²) in [5.74, 6) is -0.912. The van der Waals surface area contributed by atoms with Crippen molar-refractivity contribution in [3.63, 3.8) is 0 Å². The predicted octanol–water partition coefficient (Wildman–Crippen LogP) is 2.76. The highest BCUT2D eigenvalue weighted by atomic mass is 19.1. The van der Waals surface area contributed by atoms with Crippen molar-refractivity contribution in [2.75, 3.05) is 6.54 Å². The maximum Gasteiger partial charge on any atom is 0.323 e. The number of amides is 1. The second-order valence-electron chi connectivity index (χ2n) is 5.01. The molecule has 1 N–H and O–H groups in total. The Morgan fingerprint density at radius 2 is 1.86 bits per heavy atom. The van der Waals surface area contributed by atoms with Gasteiger partial charge in [-0.25, -0.2) is 4.39 Å². The zero-order valence-corrected chi connectivity index (χ0v) is 12.3. The number of carboxylic acid groups (broad SMARTS) is 1. The molecule has 0 bridgehead atoms. The van der Waals surface area contributed by atoms with E-state index in [2.05, 4.69) is 0 Å². The summed E-state index contributed by atoms with van der Waals surface area (Å²) in [5.41, 5.74) is 0.981. The van der Waals surface area contributed by atoms with E-state index in [0.717, 1.165) is 0 Å². The Hall–Kier alpha value is -2.63. The Labute approximate surface area is 127 Å². The van der Waals surface area contributed by atoms with E-state index in [1.54, 1.807) is 19.9 Å². The molecule has 2 aromatic rings. The number of hydrogen-bond donors (Lipinski definition) is 1. The molecule has 0 aliphatic heterocycles. The van der Waals surface area contributed by atoms with Crippen LogP contribution in [0.5, 0.6) is 0 Å². The Bertz CT molecular complexity index is 691. The number of hydrogen-bond acceptors (Lipinski definition) is 3. The lowest BCUT2D eigenvalue weighted by atomic mass is 10.1. The molecule has 1 aromatic heterocycles. The van der Waals surface area contributed by atoms with Gasteiger partial charge in [-0.15, -0.1) is 0 Å². The van der Waals surface area contributed by atoms with Gasteiger partial charge >= 0.3 is 5.97 Å². The van der Waals surface area contributed by atoms with Crippen molar-refractivity contribution >= 4 is 11.9 Å². The minimum atomic E-state index is -1.12. The lowest BCUT2D eigenvalue weighted by Gasteiger charge is -2.20. The molecule has 116 valence electrons. The smallest absolute Gasteiger partial charge is 0.323 e. The molecule has 0 unspecified atom stereocenters. The first kappa shape index (κ1) is 15.8. The minimum Gasteiger partial charge on any atom is -0.480 e. The fraction of sp³-hybridized carbons (Fsp3) is 0.250. The maximum absolute atomic E-state index is 12.9. The SMILES string of the molecule is Cc1cc(C(=O)N(CC(=O)O)Cc2ccc(F)cc2)c(C)o1. The summed E-state index contributed by atoms with van der Waals surface area (Å²) in [7, 11) is 0. The molecular formula is C16H16FNO4. The fourth-order valence-corrected chi connectivity index (χ4v) is 2.19. The number of halogens is 1. The molecule has 22 heavy (non-hydrogen) atoms. The summed E-state index contributed by atoms with van der Waals surface area (Å²) < 4.78 is 18.2. The summed E-state index contributed by atoms with van der Waals surface area (Å²) in [6.45, 7) is 3.00. The van der Waals surface area contributed by atoms with Gasteiger partial charge < -0.3 is 14.4 Å². The second kappa shape index (κ2) is 6.43. The Morgan fingerprint density at radius 1 is 1.23 bits per heavy atom. The van der Waals surface area contributed by atoms with Crippen LogP contribution in [-0.4, -0.2) is 28.4 Å². The maximum atomic E-state index is 12.9. The van der Waals surface area contributed by atoms with Gasteiger partial charge in [0, 0.05) is 6.54 Å². The van der Waals surface area contributed by atoms with Gasteiger partial charge in [0.1, 0.15) is 23.9 Å². The van der Waals surface area contributed by atoms with Crippen LogP contribution < -0.4 is 0 Å². The van der Waals surface area contributed by atoms with E-state index in [9.17, 15) is 14.0 Å². The molecule has 5 nitrogen and oxygen atoms in total. The van der Waals surface area contributed by atoms with Gasteiger partial charge in [0.15, 0.2) is 0 Å². The standard InChI is InChI=1S/C16H16FNO4/c1-10-7-14(11(2)22-10)16(21)18(9-15(19)20)8-12-3-5-13(17)6-4-12/h3-7H,8-9H2,1-2H3,(H,19,20). The molecule has 6 heteroatoms. The first-order valence-electron chi connectivity index (χ1n) is 6.69. The van der Waals surface area contributed by atoms with Gasteiger partial charge in [-0.05, 0) is 37.6 Å². The van der Waals surface area contributed by atoms with E-state index in [1.165, 1.54) is 29.2 Å². The van der Waals surface area contributed by atoms with Gasteiger partial charge in [-0.2, -0.15) is 0 Å². The molecule has 0 saturated carbocycles. The topological polar surface area (TPSA) is 70.8 Å². The largest absolute Gasteiger partial charge is 0.480 e. The molecule has 0 fully saturated rings. The zero-order valence-electron chi connectivity index (χ0n) is 12.3. The first-order valence-corrected chi connectivity index (χ1v) is 6.69. The van der Waals surface area contributed by atoms with Crippen molar-refractivity contribution in [2.45, 2.75) is 20.4 Å². The third kappa shape index (κ3) is 3.72. The third-order valence-electron chi connectivity index (χ3n) is 3.17. The van der Waals surface area contributed by atoms with Crippen molar-refractivity contribution in [3.05, 3.63) is 58.8 Å². The highest BCUT2D eigenvalue weighted by Gasteiger charge is 2.22. The van der Waals surface area contributed by atoms with Gasteiger partial charge in [0.2, 0.25) is 0 Å². The molecule has 1 heterocycles. The van der Waals surface area contributed by atoms with Crippen LogP contribution in [0.3, 0.4) is 0 Å². The van der Waals surface area contributed by atoms with Crippen molar-refractivity contribution in [2.24, 2.45) is 0 Å².